The molecular weight excluding hydrogens is 247 g/mol. The number of carboxylic acids is 1. The van der Waals surface area contributed by atoms with Crippen LogP contribution < -0.4 is 0 Å². The molecule has 0 fully saturated rings. The van der Waals surface area contributed by atoms with E-state index in [1.165, 1.54) is 31.4 Å². The second kappa shape index (κ2) is 8.64. The molecule has 19 heavy (non-hydrogen) atoms. The summed E-state index contributed by atoms with van der Waals surface area (Å²) in [4.78, 5) is 10.7. The molecule has 4 heteroatoms. The van der Waals surface area contributed by atoms with E-state index in [2.05, 4.69) is 6.92 Å². The summed E-state index contributed by atoms with van der Waals surface area (Å²) < 4.78 is 18.9. The van der Waals surface area contributed by atoms with Crippen molar-refractivity contribution in [1.29, 1.82) is 0 Å². The topological polar surface area (TPSA) is 46.5 Å². The van der Waals surface area contributed by atoms with Crippen LogP contribution in [0.1, 0.15) is 54.9 Å². The van der Waals surface area contributed by atoms with Gasteiger partial charge in [0, 0.05) is 12.2 Å². The number of hydrogen-bond donors (Lipinski definition) is 1. The standard InChI is InChI=1S/C15H21FO3/c1-2-3-4-5-6-9-19-11-13-8-7-12(15(17)18)10-14(13)16/h7-8,10H,2-6,9,11H2,1H3,(H,17,18). The molecule has 0 aliphatic carbocycles. The third-order valence-electron chi connectivity index (χ3n) is 2.95. The Hall–Kier alpha value is -1.42. The van der Waals surface area contributed by atoms with E-state index in [-0.39, 0.29) is 12.2 Å². The van der Waals surface area contributed by atoms with Crippen molar-refractivity contribution >= 4 is 5.97 Å². The molecule has 0 aromatic heterocycles. The lowest BCUT2D eigenvalue weighted by Gasteiger charge is -2.06. The summed E-state index contributed by atoms with van der Waals surface area (Å²) in [6.07, 6.45) is 5.78. The third-order valence-corrected chi connectivity index (χ3v) is 2.95. The van der Waals surface area contributed by atoms with Crippen LogP contribution in [0, 0.1) is 5.82 Å². The zero-order chi connectivity index (χ0) is 14.1. The van der Waals surface area contributed by atoms with Crippen molar-refractivity contribution in [1.82, 2.24) is 0 Å². The maximum atomic E-state index is 13.5. The highest BCUT2D eigenvalue weighted by Gasteiger charge is 2.08. The van der Waals surface area contributed by atoms with E-state index in [4.69, 9.17) is 9.84 Å². The molecule has 1 rings (SSSR count). The molecular formula is C15H21FO3. The van der Waals surface area contributed by atoms with Crippen molar-refractivity contribution in [3.05, 3.63) is 35.1 Å². The van der Waals surface area contributed by atoms with Gasteiger partial charge in [-0.2, -0.15) is 0 Å². The number of hydrogen-bond acceptors (Lipinski definition) is 2. The fourth-order valence-corrected chi connectivity index (χ4v) is 1.79. The number of rotatable bonds is 9. The summed E-state index contributed by atoms with van der Waals surface area (Å²) in [5, 5.41) is 8.72. The Morgan fingerprint density at radius 3 is 2.63 bits per heavy atom. The first-order valence-corrected chi connectivity index (χ1v) is 6.74. The smallest absolute Gasteiger partial charge is 0.335 e. The van der Waals surface area contributed by atoms with Gasteiger partial charge in [-0.3, -0.25) is 0 Å². The van der Waals surface area contributed by atoms with E-state index >= 15 is 0 Å². The molecule has 0 atom stereocenters. The second-order valence-corrected chi connectivity index (χ2v) is 4.58. The van der Waals surface area contributed by atoms with Gasteiger partial charge < -0.3 is 9.84 Å². The molecule has 0 saturated carbocycles. The van der Waals surface area contributed by atoms with Gasteiger partial charge in [0.25, 0.3) is 0 Å². The second-order valence-electron chi connectivity index (χ2n) is 4.58. The lowest BCUT2D eigenvalue weighted by molar-refractivity contribution is 0.0696. The Morgan fingerprint density at radius 1 is 1.26 bits per heavy atom. The molecule has 1 aromatic rings. The third kappa shape index (κ3) is 5.83. The summed E-state index contributed by atoms with van der Waals surface area (Å²) in [6, 6.07) is 3.89. The maximum Gasteiger partial charge on any atom is 0.335 e. The normalized spacial score (nSPS) is 10.6. The van der Waals surface area contributed by atoms with Crippen LogP contribution in [0.3, 0.4) is 0 Å². The van der Waals surface area contributed by atoms with Gasteiger partial charge in [-0.1, -0.05) is 38.7 Å². The number of unbranched alkanes of at least 4 members (excludes halogenated alkanes) is 4. The molecule has 0 spiro atoms. The van der Waals surface area contributed by atoms with Gasteiger partial charge >= 0.3 is 5.97 Å². The molecule has 0 amide bonds. The highest BCUT2D eigenvalue weighted by Crippen LogP contribution is 2.12. The zero-order valence-corrected chi connectivity index (χ0v) is 11.3. The lowest BCUT2D eigenvalue weighted by atomic mass is 10.1. The quantitative estimate of drug-likeness (QED) is 0.688. The molecule has 106 valence electrons. The molecule has 0 saturated heterocycles. The van der Waals surface area contributed by atoms with Gasteiger partial charge in [-0.25, -0.2) is 9.18 Å². The van der Waals surface area contributed by atoms with Gasteiger partial charge in [-0.05, 0) is 18.6 Å². The van der Waals surface area contributed by atoms with Gasteiger partial charge in [0.2, 0.25) is 0 Å². The van der Waals surface area contributed by atoms with E-state index in [1.807, 2.05) is 0 Å². The average Bonchev–Trinajstić information content (AvgIpc) is 2.39. The molecule has 0 unspecified atom stereocenters. The van der Waals surface area contributed by atoms with Gasteiger partial charge in [0.05, 0.1) is 12.2 Å². The van der Waals surface area contributed by atoms with Crippen molar-refractivity contribution in [2.24, 2.45) is 0 Å². The monoisotopic (exact) mass is 268 g/mol. The van der Waals surface area contributed by atoms with Gasteiger partial charge in [0.15, 0.2) is 0 Å². The fourth-order valence-electron chi connectivity index (χ4n) is 1.79. The average molecular weight is 268 g/mol. The number of benzene rings is 1. The Balaban J connectivity index is 2.28. The van der Waals surface area contributed by atoms with Crippen LogP contribution in [-0.2, 0) is 11.3 Å². The van der Waals surface area contributed by atoms with Gasteiger partial charge in [0.1, 0.15) is 5.82 Å². The van der Waals surface area contributed by atoms with E-state index in [9.17, 15) is 9.18 Å². The minimum atomic E-state index is -1.12. The van der Waals surface area contributed by atoms with Crippen molar-refractivity contribution in [2.45, 2.75) is 45.6 Å². The number of carbonyl (C=O) groups is 1. The van der Waals surface area contributed by atoms with Crippen molar-refractivity contribution in [3.8, 4) is 0 Å². The molecule has 1 N–H and O–H groups in total. The van der Waals surface area contributed by atoms with E-state index in [0.29, 0.717) is 12.2 Å². The SMILES string of the molecule is CCCCCCCOCc1ccc(C(=O)O)cc1F. The van der Waals surface area contributed by atoms with Crippen LogP contribution in [-0.4, -0.2) is 17.7 Å². The molecule has 0 aliphatic rings. The maximum absolute atomic E-state index is 13.5. The number of carboxylic acid groups (broad SMARTS) is 1. The van der Waals surface area contributed by atoms with Gasteiger partial charge in [-0.15, -0.1) is 0 Å². The Morgan fingerprint density at radius 2 is 2.00 bits per heavy atom. The first-order chi connectivity index (χ1) is 9.15. The Kier molecular flexibility index (Phi) is 7.11. The van der Waals surface area contributed by atoms with Crippen molar-refractivity contribution < 1.29 is 19.0 Å². The van der Waals surface area contributed by atoms with Crippen molar-refractivity contribution in [3.63, 3.8) is 0 Å². The summed E-state index contributed by atoms with van der Waals surface area (Å²) in [7, 11) is 0. The van der Waals surface area contributed by atoms with Crippen LogP contribution in [0.5, 0.6) is 0 Å². The largest absolute Gasteiger partial charge is 0.478 e. The van der Waals surface area contributed by atoms with Crippen molar-refractivity contribution in [2.75, 3.05) is 6.61 Å². The number of ether oxygens (including phenoxy) is 1. The fraction of sp³-hybridized carbons (Fsp3) is 0.533. The highest BCUT2D eigenvalue weighted by molar-refractivity contribution is 5.87. The molecule has 3 nitrogen and oxygen atoms in total. The summed E-state index contributed by atoms with van der Waals surface area (Å²) in [5.74, 6) is -1.65. The highest BCUT2D eigenvalue weighted by atomic mass is 19.1. The van der Waals surface area contributed by atoms with E-state index < -0.39 is 11.8 Å². The first kappa shape index (κ1) is 15.6. The minimum absolute atomic E-state index is 0.0409. The summed E-state index contributed by atoms with van der Waals surface area (Å²) >= 11 is 0. The van der Waals surface area contributed by atoms with E-state index in [0.717, 1.165) is 18.9 Å². The molecule has 1 aromatic carbocycles. The van der Waals surface area contributed by atoms with Crippen LogP contribution >= 0.6 is 0 Å². The number of aromatic carboxylic acids is 1. The summed E-state index contributed by atoms with van der Waals surface area (Å²) in [5.41, 5.74) is 0.361. The summed E-state index contributed by atoms with van der Waals surface area (Å²) in [6.45, 7) is 2.98. The Bertz CT molecular complexity index is 404. The number of halogens is 1. The molecule has 0 heterocycles. The zero-order valence-electron chi connectivity index (χ0n) is 11.3. The Labute approximate surface area is 113 Å². The minimum Gasteiger partial charge on any atom is -0.478 e. The first-order valence-electron chi connectivity index (χ1n) is 6.74. The molecule has 0 aliphatic heterocycles. The molecule has 0 bridgehead atoms. The predicted octanol–water partition coefficient (Wildman–Crippen LogP) is 4.01. The van der Waals surface area contributed by atoms with Crippen LogP contribution in [0.15, 0.2) is 18.2 Å². The predicted molar refractivity (Wildman–Crippen MR) is 71.8 cm³/mol. The lowest BCUT2D eigenvalue weighted by Crippen LogP contribution is -2.02. The van der Waals surface area contributed by atoms with Crippen LogP contribution in [0.4, 0.5) is 4.39 Å². The van der Waals surface area contributed by atoms with Crippen LogP contribution in [0.2, 0.25) is 0 Å². The molecule has 0 radical (unpaired) electrons. The van der Waals surface area contributed by atoms with E-state index in [1.54, 1.807) is 0 Å². The van der Waals surface area contributed by atoms with Crippen LogP contribution in [0.25, 0.3) is 0 Å².